The van der Waals surface area contributed by atoms with Crippen molar-refractivity contribution in [1.82, 2.24) is 14.8 Å². The number of halogens is 2. The zero-order chi connectivity index (χ0) is 14.7. The molecule has 6 heteroatoms. The van der Waals surface area contributed by atoms with Crippen LogP contribution in [-0.2, 0) is 17.6 Å². The summed E-state index contributed by atoms with van der Waals surface area (Å²) in [5.41, 5.74) is 0.775. The van der Waals surface area contributed by atoms with Gasteiger partial charge in [0.05, 0.1) is 6.42 Å². The van der Waals surface area contributed by atoms with Gasteiger partial charge >= 0.3 is 0 Å². The Bertz CT molecular complexity index is 623. The third-order valence-electron chi connectivity index (χ3n) is 2.89. The summed E-state index contributed by atoms with van der Waals surface area (Å²) in [5, 5.41) is 5.19. The molecule has 0 saturated carbocycles. The van der Waals surface area contributed by atoms with Gasteiger partial charge in [0, 0.05) is 22.5 Å². The molecule has 1 aromatic carbocycles. The first kappa shape index (κ1) is 15.0. The number of benzene rings is 1. The quantitative estimate of drug-likeness (QED) is 0.848. The molecule has 0 radical (unpaired) electrons. The molecular weight excluding hydrogens is 297 g/mol. The van der Waals surface area contributed by atoms with E-state index in [-0.39, 0.29) is 24.7 Å². The predicted octanol–water partition coefficient (Wildman–Crippen LogP) is 3.52. The number of rotatable bonds is 5. The fourth-order valence-corrected chi connectivity index (χ4v) is 2.42. The third-order valence-corrected chi connectivity index (χ3v) is 3.48. The van der Waals surface area contributed by atoms with Crippen LogP contribution in [0.15, 0.2) is 24.5 Å². The number of hydrogen-bond acceptors (Lipinski definition) is 3. The summed E-state index contributed by atoms with van der Waals surface area (Å²) in [4.78, 5) is 16.3. The summed E-state index contributed by atoms with van der Waals surface area (Å²) in [5.74, 6) is 0.721. The number of carbonyl (C=O) groups excluding carboxylic acids is 1. The monoisotopic (exact) mass is 311 g/mol. The second kappa shape index (κ2) is 6.37. The van der Waals surface area contributed by atoms with E-state index in [0.717, 1.165) is 5.56 Å². The van der Waals surface area contributed by atoms with Gasteiger partial charge < -0.3 is 0 Å². The molecule has 0 aliphatic rings. The molecular formula is C14H15Cl2N3O. The maximum Gasteiger partial charge on any atom is 0.144 e. The molecule has 1 heterocycles. The first-order valence-corrected chi connectivity index (χ1v) is 7.07. The summed E-state index contributed by atoms with van der Waals surface area (Å²) in [6.07, 6.45) is 1.98. The van der Waals surface area contributed by atoms with Crippen molar-refractivity contribution >= 4 is 29.0 Å². The number of carbonyl (C=O) groups is 1. The van der Waals surface area contributed by atoms with E-state index in [1.54, 1.807) is 22.9 Å². The summed E-state index contributed by atoms with van der Waals surface area (Å²) < 4.78 is 1.75. The van der Waals surface area contributed by atoms with Crippen molar-refractivity contribution in [3.63, 3.8) is 0 Å². The highest BCUT2D eigenvalue weighted by Gasteiger charge is 2.14. The van der Waals surface area contributed by atoms with Crippen LogP contribution in [0.3, 0.4) is 0 Å². The van der Waals surface area contributed by atoms with Gasteiger partial charge in [-0.3, -0.25) is 4.79 Å². The van der Waals surface area contributed by atoms with Crippen LogP contribution >= 0.6 is 23.2 Å². The first-order valence-electron chi connectivity index (χ1n) is 6.31. The lowest BCUT2D eigenvalue weighted by Gasteiger charge is -2.09. The fraction of sp³-hybridized carbons (Fsp3) is 0.357. The van der Waals surface area contributed by atoms with Crippen molar-refractivity contribution in [3.8, 4) is 0 Å². The Morgan fingerprint density at radius 3 is 2.70 bits per heavy atom. The third kappa shape index (κ3) is 3.58. The standard InChI is InChI=1S/C14H15Cl2N3O/c1-9(2)19-14(17-8-18-19)7-12(20)5-10-3-4-11(15)6-13(10)16/h3-4,6,8-9H,5,7H2,1-2H3. The zero-order valence-corrected chi connectivity index (χ0v) is 12.8. The lowest BCUT2D eigenvalue weighted by Crippen LogP contribution is -2.14. The van der Waals surface area contributed by atoms with Crippen molar-refractivity contribution < 1.29 is 4.79 Å². The topological polar surface area (TPSA) is 47.8 Å². The zero-order valence-electron chi connectivity index (χ0n) is 11.3. The molecule has 0 saturated heterocycles. The summed E-state index contributed by atoms with van der Waals surface area (Å²) in [7, 11) is 0. The Hall–Kier alpha value is -1.39. The molecule has 20 heavy (non-hydrogen) atoms. The van der Waals surface area contributed by atoms with Crippen LogP contribution in [0.1, 0.15) is 31.3 Å². The molecule has 106 valence electrons. The molecule has 0 spiro atoms. The van der Waals surface area contributed by atoms with Gasteiger partial charge in [-0.2, -0.15) is 5.10 Å². The highest BCUT2D eigenvalue weighted by molar-refractivity contribution is 6.35. The van der Waals surface area contributed by atoms with Crippen molar-refractivity contribution in [2.45, 2.75) is 32.7 Å². The number of ketones is 1. The average molecular weight is 312 g/mol. The van der Waals surface area contributed by atoms with E-state index in [4.69, 9.17) is 23.2 Å². The molecule has 0 unspecified atom stereocenters. The number of Topliss-reactive ketones (excluding diaryl/α,β-unsaturated/α-hetero) is 1. The molecule has 0 bridgehead atoms. The van der Waals surface area contributed by atoms with E-state index in [1.165, 1.54) is 6.33 Å². The van der Waals surface area contributed by atoms with Crippen LogP contribution in [0.25, 0.3) is 0 Å². The van der Waals surface area contributed by atoms with E-state index < -0.39 is 0 Å². The normalized spacial score (nSPS) is 11.1. The second-order valence-corrected chi connectivity index (χ2v) is 5.69. The largest absolute Gasteiger partial charge is 0.299 e. The van der Waals surface area contributed by atoms with Gasteiger partial charge in [-0.05, 0) is 31.5 Å². The Kier molecular flexibility index (Phi) is 4.78. The molecule has 2 rings (SSSR count). The van der Waals surface area contributed by atoms with E-state index in [2.05, 4.69) is 10.1 Å². The van der Waals surface area contributed by atoms with E-state index in [1.807, 2.05) is 13.8 Å². The Morgan fingerprint density at radius 1 is 1.30 bits per heavy atom. The van der Waals surface area contributed by atoms with Gasteiger partial charge in [0.2, 0.25) is 0 Å². The molecule has 0 fully saturated rings. The summed E-state index contributed by atoms with van der Waals surface area (Å²) in [6, 6.07) is 5.32. The maximum absolute atomic E-state index is 12.1. The molecule has 0 N–H and O–H groups in total. The van der Waals surface area contributed by atoms with Gasteiger partial charge in [-0.25, -0.2) is 9.67 Å². The van der Waals surface area contributed by atoms with Gasteiger partial charge in [0.15, 0.2) is 0 Å². The molecule has 0 atom stereocenters. The fourth-order valence-electron chi connectivity index (χ4n) is 1.95. The van der Waals surface area contributed by atoms with Crippen LogP contribution in [0.4, 0.5) is 0 Å². The minimum Gasteiger partial charge on any atom is -0.299 e. The second-order valence-electron chi connectivity index (χ2n) is 4.84. The van der Waals surface area contributed by atoms with E-state index in [9.17, 15) is 4.79 Å². The van der Waals surface area contributed by atoms with Gasteiger partial charge in [-0.1, -0.05) is 29.3 Å². The minimum absolute atomic E-state index is 0.0455. The highest BCUT2D eigenvalue weighted by atomic mass is 35.5. The number of hydrogen-bond donors (Lipinski definition) is 0. The predicted molar refractivity (Wildman–Crippen MR) is 79.3 cm³/mol. The lowest BCUT2D eigenvalue weighted by molar-refractivity contribution is -0.117. The van der Waals surface area contributed by atoms with Crippen LogP contribution < -0.4 is 0 Å². The van der Waals surface area contributed by atoms with Crippen molar-refractivity contribution in [2.24, 2.45) is 0 Å². The van der Waals surface area contributed by atoms with Crippen LogP contribution in [0, 0.1) is 0 Å². The van der Waals surface area contributed by atoms with Crippen molar-refractivity contribution in [2.75, 3.05) is 0 Å². The van der Waals surface area contributed by atoms with Crippen molar-refractivity contribution in [3.05, 3.63) is 46.0 Å². The molecule has 4 nitrogen and oxygen atoms in total. The maximum atomic E-state index is 12.1. The van der Waals surface area contributed by atoms with Crippen LogP contribution in [0.2, 0.25) is 10.0 Å². The first-order chi connectivity index (χ1) is 9.47. The smallest absolute Gasteiger partial charge is 0.144 e. The minimum atomic E-state index is 0.0455. The number of nitrogens with zero attached hydrogens (tertiary/aromatic N) is 3. The SMILES string of the molecule is CC(C)n1ncnc1CC(=O)Cc1ccc(Cl)cc1Cl. The van der Waals surface area contributed by atoms with Gasteiger partial charge in [-0.15, -0.1) is 0 Å². The van der Waals surface area contributed by atoms with Crippen molar-refractivity contribution in [1.29, 1.82) is 0 Å². The highest BCUT2D eigenvalue weighted by Crippen LogP contribution is 2.21. The average Bonchev–Trinajstić information content (AvgIpc) is 2.81. The van der Waals surface area contributed by atoms with Crippen LogP contribution in [0.5, 0.6) is 0 Å². The lowest BCUT2D eigenvalue weighted by atomic mass is 10.1. The Labute approximate surface area is 127 Å². The number of aromatic nitrogens is 3. The molecule has 0 aliphatic carbocycles. The molecule has 1 aromatic heterocycles. The molecule has 2 aromatic rings. The van der Waals surface area contributed by atoms with Gasteiger partial charge in [0.25, 0.3) is 0 Å². The Morgan fingerprint density at radius 2 is 2.05 bits per heavy atom. The Balaban J connectivity index is 2.07. The van der Waals surface area contributed by atoms with Gasteiger partial charge in [0.1, 0.15) is 17.9 Å². The molecule has 0 aliphatic heterocycles. The molecule has 0 amide bonds. The summed E-state index contributed by atoms with van der Waals surface area (Å²) >= 11 is 11.9. The van der Waals surface area contributed by atoms with E-state index >= 15 is 0 Å². The summed E-state index contributed by atoms with van der Waals surface area (Å²) in [6.45, 7) is 4.00. The van der Waals surface area contributed by atoms with Crippen LogP contribution in [-0.4, -0.2) is 20.5 Å². The van der Waals surface area contributed by atoms with E-state index in [0.29, 0.717) is 15.9 Å².